The Balaban J connectivity index is 0.00000200. The Morgan fingerprint density at radius 2 is 2.25 bits per heavy atom. The van der Waals surface area contributed by atoms with Crippen LogP contribution in [0, 0.1) is 5.92 Å². The van der Waals surface area contributed by atoms with Crippen LogP contribution in [0.1, 0.15) is 19.3 Å². The van der Waals surface area contributed by atoms with E-state index in [0.29, 0.717) is 11.4 Å². The molecule has 0 aromatic heterocycles. The van der Waals surface area contributed by atoms with Crippen LogP contribution in [0.3, 0.4) is 0 Å². The van der Waals surface area contributed by atoms with Crippen molar-refractivity contribution in [2.24, 2.45) is 11.7 Å². The van der Waals surface area contributed by atoms with Gasteiger partial charge in [0.2, 0.25) is 5.91 Å². The molecule has 0 aliphatic heterocycles. The fourth-order valence-electron chi connectivity index (χ4n) is 2.32. The highest BCUT2D eigenvalue weighted by Crippen LogP contribution is 2.26. The summed E-state index contributed by atoms with van der Waals surface area (Å²) < 4.78 is 17.2. The minimum atomic E-state index is -0.531. The van der Waals surface area contributed by atoms with Crippen molar-refractivity contribution < 1.29 is 13.9 Å². The summed E-state index contributed by atoms with van der Waals surface area (Å²) in [6.45, 7) is -0.509. The lowest BCUT2D eigenvalue weighted by molar-refractivity contribution is -0.119. The van der Waals surface area contributed by atoms with Crippen LogP contribution in [-0.4, -0.2) is 25.2 Å². The first-order valence-corrected chi connectivity index (χ1v) is 6.54. The van der Waals surface area contributed by atoms with Crippen molar-refractivity contribution in [2.75, 3.05) is 18.6 Å². The van der Waals surface area contributed by atoms with Crippen LogP contribution < -0.4 is 15.8 Å². The first-order valence-electron chi connectivity index (χ1n) is 6.54. The summed E-state index contributed by atoms with van der Waals surface area (Å²) in [5.74, 6) is 0.541. The molecule has 0 heterocycles. The van der Waals surface area contributed by atoms with Crippen molar-refractivity contribution in [1.29, 1.82) is 0 Å². The molecule has 0 bridgehead atoms. The maximum Gasteiger partial charge on any atom is 0.227 e. The van der Waals surface area contributed by atoms with Crippen LogP contribution in [0.4, 0.5) is 10.1 Å². The van der Waals surface area contributed by atoms with Gasteiger partial charge in [0.15, 0.2) is 0 Å². The summed E-state index contributed by atoms with van der Waals surface area (Å²) in [7, 11) is 0. The minimum Gasteiger partial charge on any atom is -0.491 e. The Morgan fingerprint density at radius 1 is 1.45 bits per heavy atom. The topological polar surface area (TPSA) is 64.4 Å². The van der Waals surface area contributed by atoms with Crippen molar-refractivity contribution >= 4 is 24.0 Å². The average Bonchev–Trinajstić information content (AvgIpc) is 2.83. The number of anilines is 1. The first kappa shape index (κ1) is 16.7. The number of halogens is 2. The molecule has 2 atom stereocenters. The van der Waals surface area contributed by atoms with Crippen molar-refractivity contribution in [1.82, 2.24) is 0 Å². The zero-order chi connectivity index (χ0) is 13.7. The van der Waals surface area contributed by atoms with E-state index in [1.165, 1.54) is 0 Å². The largest absolute Gasteiger partial charge is 0.491 e. The molecule has 3 N–H and O–H groups in total. The van der Waals surface area contributed by atoms with Crippen LogP contribution in [0.15, 0.2) is 24.3 Å². The van der Waals surface area contributed by atoms with Gasteiger partial charge >= 0.3 is 0 Å². The van der Waals surface area contributed by atoms with Gasteiger partial charge in [-0.2, -0.15) is 0 Å². The molecule has 112 valence electrons. The number of alkyl halides is 1. The van der Waals surface area contributed by atoms with Gasteiger partial charge in [-0.25, -0.2) is 4.39 Å². The van der Waals surface area contributed by atoms with Gasteiger partial charge in [0.1, 0.15) is 19.0 Å². The summed E-state index contributed by atoms with van der Waals surface area (Å²) in [6, 6.07) is 7.12. The normalized spacial score (nSPS) is 21.1. The summed E-state index contributed by atoms with van der Waals surface area (Å²) >= 11 is 0. The smallest absolute Gasteiger partial charge is 0.227 e. The molecule has 2 rings (SSSR count). The Morgan fingerprint density at radius 3 is 2.90 bits per heavy atom. The standard InChI is InChI=1S/C14H19FN2O2.ClH/c15-6-7-19-13-3-1-2-12(9-13)17-14(18)10-4-5-11(16)8-10;/h1-3,9-11H,4-8,16H2,(H,17,18);1H. The minimum absolute atomic E-state index is 0. The number of hydrogen-bond donors (Lipinski definition) is 2. The first-order chi connectivity index (χ1) is 9.19. The van der Waals surface area contributed by atoms with Crippen molar-refractivity contribution in [3.63, 3.8) is 0 Å². The maximum atomic E-state index is 12.0. The lowest BCUT2D eigenvalue weighted by Gasteiger charge is -2.12. The summed E-state index contributed by atoms with van der Waals surface area (Å²) in [6.07, 6.45) is 2.48. The number of carbonyl (C=O) groups is 1. The monoisotopic (exact) mass is 302 g/mol. The van der Waals surface area contributed by atoms with E-state index in [2.05, 4.69) is 5.32 Å². The predicted molar refractivity (Wildman–Crippen MR) is 79.1 cm³/mol. The number of hydrogen-bond acceptors (Lipinski definition) is 3. The Bertz CT molecular complexity index is 445. The summed E-state index contributed by atoms with van der Waals surface area (Å²) in [4.78, 5) is 12.0. The highest BCUT2D eigenvalue weighted by molar-refractivity contribution is 5.92. The van der Waals surface area contributed by atoms with Crippen LogP contribution in [-0.2, 0) is 4.79 Å². The van der Waals surface area contributed by atoms with Gasteiger partial charge < -0.3 is 15.8 Å². The van der Waals surface area contributed by atoms with Gasteiger partial charge in [0, 0.05) is 23.7 Å². The second-order valence-corrected chi connectivity index (χ2v) is 4.82. The third-order valence-electron chi connectivity index (χ3n) is 3.29. The number of benzene rings is 1. The molecule has 1 aromatic carbocycles. The second-order valence-electron chi connectivity index (χ2n) is 4.82. The highest BCUT2D eigenvalue weighted by Gasteiger charge is 2.27. The Labute approximate surface area is 124 Å². The third-order valence-corrected chi connectivity index (χ3v) is 3.29. The number of ether oxygens (including phenoxy) is 1. The molecule has 1 amide bonds. The van der Waals surface area contributed by atoms with E-state index in [1.807, 2.05) is 0 Å². The summed E-state index contributed by atoms with van der Waals surface area (Å²) in [5, 5.41) is 2.85. The average molecular weight is 303 g/mol. The molecule has 0 radical (unpaired) electrons. The fourth-order valence-corrected chi connectivity index (χ4v) is 2.32. The van der Waals surface area contributed by atoms with Gasteiger partial charge in [-0.05, 0) is 31.4 Å². The number of nitrogens with one attached hydrogen (secondary N) is 1. The van der Waals surface area contributed by atoms with Crippen molar-refractivity contribution in [3.8, 4) is 5.75 Å². The molecule has 6 heteroatoms. The van der Waals surface area contributed by atoms with Gasteiger partial charge in [0.25, 0.3) is 0 Å². The van der Waals surface area contributed by atoms with E-state index >= 15 is 0 Å². The van der Waals surface area contributed by atoms with E-state index in [4.69, 9.17) is 10.5 Å². The molecule has 1 saturated carbocycles. The molecule has 4 nitrogen and oxygen atoms in total. The van der Waals surface area contributed by atoms with Gasteiger partial charge in [-0.3, -0.25) is 4.79 Å². The molecular weight excluding hydrogens is 283 g/mol. The lowest BCUT2D eigenvalue weighted by Crippen LogP contribution is -2.23. The second kappa shape index (κ2) is 8.07. The Kier molecular flexibility index (Phi) is 6.75. The fraction of sp³-hybridized carbons (Fsp3) is 0.500. The Hall–Kier alpha value is -1.33. The highest BCUT2D eigenvalue weighted by atomic mass is 35.5. The van der Waals surface area contributed by atoms with Crippen LogP contribution >= 0.6 is 12.4 Å². The molecule has 20 heavy (non-hydrogen) atoms. The molecule has 0 saturated heterocycles. The lowest BCUT2D eigenvalue weighted by atomic mass is 10.1. The number of rotatable bonds is 5. The van der Waals surface area contributed by atoms with Crippen LogP contribution in [0.5, 0.6) is 5.75 Å². The molecular formula is C14H20ClFN2O2. The van der Waals surface area contributed by atoms with E-state index in [9.17, 15) is 9.18 Å². The predicted octanol–water partition coefficient (Wildman–Crippen LogP) is 2.52. The molecule has 1 aliphatic carbocycles. The van der Waals surface area contributed by atoms with Crippen molar-refractivity contribution in [3.05, 3.63) is 24.3 Å². The summed E-state index contributed by atoms with van der Waals surface area (Å²) in [5.41, 5.74) is 6.47. The van der Waals surface area contributed by atoms with E-state index in [0.717, 1.165) is 19.3 Å². The van der Waals surface area contributed by atoms with Crippen LogP contribution in [0.25, 0.3) is 0 Å². The zero-order valence-electron chi connectivity index (χ0n) is 11.2. The maximum absolute atomic E-state index is 12.0. The molecule has 1 fully saturated rings. The molecule has 0 spiro atoms. The number of nitrogens with two attached hydrogens (primary N) is 1. The van der Waals surface area contributed by atoms with Gasteiger partial charge in [0.05, 0.1) is 0 Å². The quantitative estimate of drug-likeness (QED) is 0.878. The van der Waals surface area contributed by atoms with Crippen LogP contribution in [0.2, 0.25) is 0 Å². The van der Waals surface area contributed by atoms with E-state index in [-0.39, 0.29) is 36.9 Å². The molecule has 1 aromatic rings. The van der Waals surface area contributed by atoms with Crippen molar-refractivity contribution in [2.45, 2.75) is 25.3 Å². The van der Waals surface area contributed by atoms with E-state index in [1.54, 1.807) is 24.3 Å². The van der Waals surface area contributed by atoms with Gasteiger partial charge in [-0.1, -0.05) is 6.07 Å². The molecule has 2 unspecified atom stereocenters. The molecule has 1 aliphatic rings. The number of carbonyl (C=O) groups excluding carboxylic acids is 1. The number of amides is 1. The van der Waals surface area contributed by atoms with Gasteiger partial charge in [-0.15, -0.1) is 12.4 Å². The van der Waals surface area contributed by atoms with E-state index < -0.39 is 6.67 Å². The SMILES string of the molecule is Cl.NC1CCC(C(=O)Nc2cccc(OCCF)c2)C1. The zero-order valence-corrected chi connectivity index (χ0v) is 12.0. The third kappa shape index (κ3) is 4.65.